The molecule has 1 heterocycles. The molecule has 1 amide bonds. The number of nitrogens with one attached hydrogen (secondary N) is 1. The Morgan fingerprint density at radius 3 is 2.32 bits per heavy atom. The number of piperidine rings is 1. The Balaban J connectivity index is 1.86. The van der Waals surface area contributed by atoms with Crippen molar-refractivity contribution in [1.82, 2.24) is 9.62 Å². The van der Waals surface area contributed by atoms with Crippen LogP contribution in [0.25, 0.3) is 0 Å². The second kappa shape index (κ2) is 8.67. The average molecular weight is 402 g/mol. The van der Waals surface area contributed by atoms with Crippen LogP contribution in [0, 0.1) is 5.82 Å². The van der Waals surface area contributed by atoms with Gasteiger partial charge >= 0.3 is 0 Å². The van der Waals surface area contributed by atoms with Gasteiger partial charge in [0.15, 0.2) is 0 Å². The van der Waals surface area contributed by atoms with Crippen molar-refractivity contribution in [1.29, 1.82) is 0 Å². The number of hydrogen-bond acceptors (Lipinski definition) is 3. The van der Waals surface area contributed by atoms with Crippen LogP contribution in [0.5, 0.6) is 0 Å². The highest BCUT2D eigenvalue weighted by Crippen LogP contribution is 2.18. The first-order valence-corrected chi connectivity index (χ1v) is 10.6. The van der Waals surface area contributed by atoms with Crippen LogP contribution in [0.15, 0.2) is 71.6 Å². The number of sulfonamides is 1. The second-order valence-corrected chi connectivity index (χ2v) is 8.55. The zero-order chi connectivity index (χ0) is 20.1. The molecule has 0 bridgehead atoms. The van der Waals surface area contributed by atoms with Crippen molar-refractivity contribution < 1.29 is 17.6 Å². The summed E-state index contributed by atoms with van der Waals surface area (Å²) in [7, 11) is -4.19. The van der Waals surface area contributed by atoms with Crippen LogP contribution in [-0.4, -0.2) is 38.4 Å². The fourth-order valence-electron chi connectivity index (χ4n) is 3.21. The van der Waals surface area contributed by atoms with Crippen molar-refractivity contribution in [2.75, 3.05) is 13.1 Å². The third-order valence-electron chi connectivity index (χ3n) is 4.79. The molecular weight excluding hydrogens is 379 g/mol. The highest BCUT2D eigenvalue weighted by molar-refractivity contribution is 7.89. The van der Waals surface area contributed by atoms with Gasteiger partial charge in [-0.2, -0.15) is 4.72 Å². The van der Waals surface area contributed by atoms with Gasteiger partial charge in [0.05, 0.1) is 0 Å². The van der Waals surface area contributed by atoms with Gasteiger partial charge in [-0.05, 0) is 37.0 Å². The first-order valence-electron chi connectivity index (χ1n) is 9.13. The molecule has 1 aliphatic rings. The number of hydrogen-bond donors (Lipinski definition) is 1. The zero-order valence-electron chi connectivity index (χ0n) is 15.5. The van der Waals surface area contributed by atoms with Crippen molar-refractivity contribution >= 4 is 15.9 Å². The summed E-state index contributed by atoms with van der Waals surface area (Å²) in [4.78, 5) is 14.3. The molecule has 2 aromatic rings. The number of likely N-dealkylation sites (tertiary alicyclic amines) is 1. The van der Waals surface area contributed by atoms with Gasteiger partial charge in [-0.15, -0.1) is 0 Å². The molecule has 3 rings (SSSR count). The number of halogens is 1. The molecule has 1 aliphatic heterocycles. The van der Waals surface area contributed by atoms with Crippen LogP contribution < -0.4 is 4.72 Å². The van der Waals surface area contributed by atoms with Gasteiger partial charge < -0.3 is 4.90 Å². The Bertz CT molecular complexity index is 951. The number of carbonyl (C=O) groups is 1. The molecule has 0 saturated carbocycles. The van der Waals surface area contributed by atoms with E-state index in [2.05, 4.69) is 11.3 Å². The van der Waals surface area contributed by atoms with Gasteiger partial charge in [-0.1, -0.05) is 54.6 Å². The Morgan fingerprint density at radius 2 is 1.68 bits per heavy atom. The van der Waals surface area contributed by atoms with Crippen LogP contribution in [0.4, 0.5) is 4.39 Å². The molecule has 1 N–H and O–H groups in total. The number of benzene rings is 2. The van der Waals surface area contributed by atoms with Gasteiger partial charge in [0, 0.05) is 13.1 Å². The third-order valence-corrected chi connectivity index (χ3v) is 6.29. The van der Waals surface area contributed by atoms with Crippen LogP contribution in [0.2, 0.25) is 0 Å². The van der Waals surface area contributed by atoms with Gasteiger partial charge in [0.25, 0.3) is 0 Å². The van der Waals surface area contributed by atoms with E-state index in [1.165, 1.54) is 18.2 Å². The van der Waals surface area contributed by atoms with Gasteiger partial charge in [0.1, 0.15) is 16.8 Å². The van der Waals surface area contributed by atoms with E-state index in [-0.39, 0.29) is 12.3 Å². The number of rotatable bonds is 6. The minimum absolute atomic E-state index is 0.185. The highest BCUT2D eigenvalue weighted by Gasteiger charge is 2.31. The van der Waals surface area contributed by atoms with Crippen molar-refractivity contribution in [2.45, 2.75) is 30.2 Å². The predicted molar refractivity (Wildman–Crippen MR) is 106 cm³/mol. The van der Waals surface area contributed by atoms with E-state index in [0.717, 1.165) is 17.2 Å². The standard InChI is InChI=1S/C21H23FN2O3S/c1-16-11-13-24(14-12-16)21(25)19(15-17-7-3-2-4-8-17)23-28(26,27)20-10-6-5-9-18(20)22/h2-10,19,23H,1,11-15H2. The molecule has 1 atom stereocenters. The van der Waals surface area contributed by atoms with Crippen LogP contribution in [0.3, 0.4) is 0 Å². The Morgan fingerprint density at radius 1 is 1.07 bits per heavy atom. The maximum atomic E-state index is 14.0. The van der Waals surface area contributed by atoms with Crippen molar-refractivity contribution in [3.05, 3.63) is 78.1 Å². The SMILES string of the molecule is C=C1CCN(C(=O)C(Cc2ccccc2)NS(=O)(=O)c2ccccc2F)CC1. The molecule has 7 heteroatoms. The lowest BCUT2D eigenvalue weighted by Crippen LogP contribution is -2.51. The van der Waals surface area contributed by atoms with Crippen molar-refractivity contribution in [3.8, 4) is 0 Å². The summed E-state index contributed by atoms with van der Waals surface area (Å²) in [5.41, 5.74) is 1.90. The van der Waals surface area contributed by atoms with Gasteiger partial charge in [-0.25, -0.2) is 12.8 Å². The lowest BCUT2D eigenvalue weighted by atomic mass is 10.0. The lowest BCUT2D eigenvalue weighted by molar-refractivity contribution is -0.133. The molecule has 0 radical (unpaired) electrons. The summed E-state index contributed by atoms with van der Waals surface area (Å²) in [5.74, 6) is -1.16. The van der Waals surface area contributed by atoms with Crippen LogP contribution >= 0.6 is 0 Å². The number of nitrogens with zero attached hydrogens (tertiary/aromatic N) is 1. The van der Waals surface area contributed by atoms with Crippen molar-refractivity contribution in [3.63, 3.8) is 0 Å². The molecule has 0 aromatic heterocycles. The van der Waals surface area contributed by atoms with Crippen LogP contribution in [0.1, 0.15) is 18.4 Å². The molecule has 5 nitrogen and oxygen atoms in total. The number of carbonyl (C=O) groups excluding carboxylic acids is 1. The highest BCUT2D eigenvalue weighted by atomic mass is 32.2. The molecular formula is C21H23FN2O3S. The summed E-state index contributed by atoms with van der Waals surface area (Å²) in [6, 6.07) is 13.3. The van der Waals surface area contributed by atoms with Crippen molar-refractivity contribution in [2.24, 2.45) is 0 Å². The summed E-state index contributed by atoms with van der Waals surface area (Å²) in [6.07, 6.45) is 1.58. The molecule has 0 spiro atoms. The average Bonchev–Trinajstić information content (AvgIpc) is 2.68. The maximum Gasteiger partial charge on any atom is 0.244 e. The molecule has 1 saturated heterocycles. The second-order valence-electron chi connectivity index (χ2n) is 6.87. The van der Waals surface area contributed by atoms with Gasteiger partial charge in [-0.3, -0.25) is 4.79 Å². The number of amides is 1. The summed E-state index contributed by atoms with van der Waals surface area (Å²) < 4.78 is 42.0. The molecule has 1 fully saturated rings. The predicted octanol–water partition coefficient (Wildman–Crippen LogP) is 2.89. The van der Waals surface area contributed by atoms with Crippen LogP contribution in [-0.2, 0) is 21.2 Å². The van der Waals surface area contributed by atoms with E-state index in [1.54, 1.807) is 4.90 Å². The smallest absolute Gasteiger partial charge is 0.244 e. The maximum absolute atomic E-state index is 14.0. The molecule has 28 heavy (non-hydrogen) atoms. The molecule has 0 aliphatic carbocycles. The first kappa shape index (κ1) is 20.2. The monoisotopic (exact) mass is 402 g/mol. The molecule has 1 unspecified atom stereocenters. The van der Waals surface area contributed by atoms with Gasteiger partial charge in [0.2, 0.25) is 15.9 Å². The fraction of sp³-hybridized carbons (Fsp3) is 0.286. The topological polar surface area (TPSA) is 66.5 Å². The quantitative estimate of drug-likeness (QED) is 0.756. The summed E-state index contributed by atoms with van der Waals surface area (Å²) >= 11 is 0. The lowest BCUT2D eigenvalue weighted by Gasteiger charge is -2.31. The van der Waals surface area contributed by atoms with E-state index in [1.807, 2.05) is 30.3 Å². The van der Waals surface area contributed by atoms with E-state index < -0.39 is 26.8 Å². The molecule has 148 valence electrons. The minimum atomic E-state index is -4.19. The Kier molecular flexibility index (Phi) is 6.26. The third kappa shape index (κ3) is 4.85. The fourth-order valence-corrected chi connectivity index (χ4v) is 4.47. The zero-order valence-corrected chi connectivity index (χ0v) is 16.3. The summed E-state index contributed by atoms with van der Waals surface area (Å²) in [6.45, 7) is 4.95. The Hall–Kier alpha value is -2.51. The van der Waals surface area contributed by atoms with E-state index in [9.17, 15) is 17.6 Å². The molecule has 2 aromatic carbocycles. The largest absolute Gasteiger partial charge is 0.341 e. The Labute approximate surface area is 164 Å². The van der Waals surface area contributed by atoms with E-state index in [0.29, 0.717) is 25.9 Å². The normalized spacial score (nSPS) is 16.0. The minimum Gasteiger partial charge on any atom is -0.341 e. The van der Waals surface area contributed by atoms with E-state index in [4.69, 9.17) is 0 Å². The van der Waals surface area contributed by atoms with E-state index >= 15 is 0 Å². The summed E-state index contributed by atoms with van der Waals surface area (Å²) in [5, 5.41) is 0. The first-order chi connectivity index (χ1) is 13.4.